The highest BCUT2D eigenvalue weighted by atomic mass is 32.1. The van der Waals surface area contributed by atoms with Gasteiger partial charge >= 0.3 is 0 Å². The highest BCUT2D eigenvalue weighted by Crippen LogP contribution is 2.13. The van der Waals surface area contributed by atoms with Gasteiger partial charge in [0.2, 0.25) is 0 Å². The molecule has 0 aliphatic heterocycles. The number of thiophene rings is 1. The Bertz CT molecular complexity index is 338. The molecule has 1 heteroatoms. The van der Waals surface area contributed by atoms with Crippen molar-refractivity contribution in [3.05, 3.63) is 21.9 Å². The summed E-state index contributed by atoms with van der Waals surface area (Å²) in [5.74, 6) is 6.54. The average molecular weight is 234 g/mol. The molecule has 16 heavy (non-hydrogen) atoms. The molecule has 0 aromatic carbocycles. The number of hydrogen-bond donors (Lipinski definition) is 0. The van der Waals surface area contributed by atoms with Crippen molar-refractivity contribution < 1.29 is 0 Å². The zero-order valence-electron chi connectivity index (χ0n) is 10.5. The van der Waals surface area contributed by atoms with Crippen molar-refractivity contribution in [3.63, 3.8) is 0 Å². The fourth-order valence-electron chi connectivity index (χ4n) is 1.64. The molecule has 0 unspecified atom stereocenters. The van der Waals surface area contributed by atoms with Gasteiger partial charge in [0.15, 0.2) is 0 Å². The fraction of sp³-hybridized carbons (Fsp3) is 0.600. The first-order valence-corrected chi connectivity index (χ1v) is 7.25. The Morgan fingerprint density at radius 1 is 1.12 bits per heavy atom. The molecular weight excluding hydrogens is 212 g/mol. The molecule has 0 N–H and O–H groups in total. The van der Waals surface area contributed by atoms with E-state index in [-0.39, 0.29) is 0 Å². The first-order valence-electron chi connectivity index (χ1n) is 6.37. The fourth-order valence-corrected chi connectivity index (χ4v) is 2.43. The minimum absolute atomic E-state index is 1.06. The molecule has 1 aromatic rings. The SMILES string of the molecule is CCCCCCCCC#Cc1sccc1C. The van der Waals surface area contributed by atoms with Crippen molar-refractivity contribution in [2.75, 3.05) is 0 Å². The second-order valence-corrected chi connectivity index (χ2v) is 5.17. The molecule has 1 rings (SSSR count). The Morgan fingerprint density at radius 2 is 1.88 bits per heavy atom. The third kappa shape index (κ3) is 5.37. The van der Waals surface area contributed by atoms with E-state index >= 15 is 0 Å². The maximum atomic E-state index is 3.28. The lowest BCUT2D eigenvalue weighted by Gasteiger charge is -1.96. The minimum Gasteiger partial charge on any atom is -0.135 e. The Hall–Kier alpha value is -0.740. The van der Waals surface area contributed by atoms with Crippen LogP contribution in [0.1, 0.15) is 62.3 Å². The third-order valence-electron chi connectivity index (χ3n) is 2.72. The number of rotatable bonds is 6. The minimum atomic E-state index is 1.06. The lowest BCUT2D eigenvalue weighted by atomic mass is 10.1. The van der Waals surface area contributed by atoms with Crippen molar-refractivity contribution in [2.45, 2.75) is 58.8 Å². The molecule has 0 radical (unpaired) electrons. The Balaban J connectivity index is 2.07. The van der Waals surface area contributed by atoms with E-state index in [0.717, 1.165) is 6.42 Å². The van der Waals surface area contributed by atoms with E-state index < -0.39 is 0 Å². The summed E-state index contributed by atoms with van der Waals surface area (Å²) < 4.78 is 0. The smallest absolute Gasteiger partial charge is 0.0797 e. The summed E-state index contributed by atoms with van der Waals surface area (Å²) in [5.41, 5.74) is 1.32. The zero-order valence-corrected chi connectivity index (χ0v) is 11.3. The van der Waals surface area contributed by atoms with Crippen LogP contribution in [0.15, 0.2) is 11.4 Å². The molecule has 0 amide bonds. The number of hydrogen-bond acceptors (Lipinski definition) is 1. The molecular formula is C15H22S. The molecule has 0 atom stereocenters. The summed E-state index contributed by atoms with van der Waals surface area (Å²) in [6, 6.07) is 2.14. The van der Waals surface area contributed by atoms with Crippen molar-refractivity contribution in [3.8, 4) is 11.8 Å². The highest BCUT2D eigenvalue weighted by molar-refractivity contribution is 7.10. The van der Waals surface area contributed by atoms with Crippen LogP contribution in [0.5, 0.6) is 0 Å². The molecule has 1 heterocycles. The van der Waals surface area contributed by atoms with Crippen LogP contribution >= 0.6 is 11.3 Å². The van der Waals surface area contributed by atoms with E-state index in [1.165, 1.54) is 49.0 Å². The van der Waals surface area contributed by atoms with Crippen LogP contribution in [-0.2, 0) is 0 Å². The summed E-state index contributed by atoms with van der Waals surface area (Å²) in [5, 5.41) is 2.12. The van der Waals surface area contributed by atoms with Crippen LogP contribution in [0.25, 0.3) is 0 Å². The standard InChI is InChI=1S/C15H22S/c1-3-4-5-6-7-8-9-10-11-15-14(2)12-13-16-15/h12-13H,3-9H2,1-2H3. The first-order chi connectivity index (χ1) is 7.84. The summed E-state index contributed by atoms with van der Waals surface area (Å²) >= 11 is 1.75. The van der Waals surface area contributed by atoms with Gasteiger partial charge in [0.05, 0.1) is 4.88 Å². The average Bonchev–Trinajstić information content (AvgIpc) is 2.68. The van der Waals surface area contributed by atoms with Crippen LogP contribution in [-0.4, -0.2) is 0 Å². The van der Waals surface area contributed by atoms with Crippen molar-refractivity contribution in [1.29, 1.82) is 0 Å². The van der Waals surface area contributed by atoms with Crippen LogP contribution in [0, 0.1) is 18.8 Å². The monoisotopic (exact) mass is 234 g/mol. The molecule has 0 saturated carbocycles. The van der Waals surface area contributed by atoms with Gasteiger partial charge in [0.1, 0.15) is 0 Å². The van der Waals surface area contributed by atoms with Crippen LogP contribution in [0.4, 0.5) is 0 Å². The van der Waals surface area contributed by atoms with E-state index in [1.54, 1.807) is 11.3 Å². The Kier molecular flexibility index (Phi) is 7.01. The number of unbranched alkanes of at least 4 members (excludes halogenated alkanes) is 6. The second-order valence-electron chi connectivity index (χ2n) is 4.25. The van der Waals surface area contributed by atoms with E-state index in [1.807, 2.05) is 0 Å². The van der Waals surface area contributed by atoms with Gasteiger partial charge in [-0.3, -0.25) is 0 Å². The summed E-state index contributed by atoms with van der Waals surface area (Å²) in [6.07, 6.45) is 9.17. The Labute approximate surface area is 104 Å². The summed E-state index contributed by atoms with van der Waals surface area (Å²) in [7, 11) is 0. The van der Waals surface area contributed by atoms with Crippen molar-refractivity contribution in [2.24, 2.45) is 0 Å². The van der Waals surface area contributed by atoms with E-state index in [0.29, 0.717) is 0 Å². The largest absolute Gasteiger partial charge is 0.135 e. The van der Waals surface area contributed by atoms with Gasteiger partial charge < -0.3 is 0 Å². The quantitative estimate of drug-likeness (QED) is 0.471. The van der Waals surface area contributed by atoms with E-state index in [2.05, 4.69) is 37.1 Å². The van der Waals surface area contributed by atoms with Crippen molar-refractivity contribution in [1.82, 2.24) is 0 Å². The molecule has 0 aliphatic carbocycles. The lowest BCUT2D eigenvalue weighted by molar-refractivity contribution is 0.614. The number of aryl methyl sites for hydroxylation is 1. The molecule has 0 spiro atoms. The van der Waals surface area contributed by atoms with Crippen LogP contribution in [0.3, 0.4) is 0 Å². The van der Waals surface area contributed by atoms with Gasteiger partial charge in [0, 0.05) is 6.42 Å². The molecule has 0 bridgehead atoms. The van der Waals surface area contributed by atoms with Gasteiger partial charge in [-0.25, -0.2) is 0 Å². The van der Waals surface area contributed by atoms with E-state index in [4.69, 9.17) is 0 Å². The highest BCUT2D eigenvalue weighted by Gasteiger charge is 1.93. The summed E-state index contributed by atoms with van der Waals surface area (Å²) in [6.45, 7) is 4.39. The normalized spacial score (nSPS) is 9.88. The summed E-state index contributed by atoms with van der Waals surface area (Å²) in [4.78, 5) is 1.24. The van der Waals surface area contributed by atoms with Gasteiger partial charge in [-0.05, 0) is 30.4 Å². The molecule has 0 aliphatic rings. The molecule has 88 valence electrons. The maximum Gasteiger partial charge on any atom is 0.0797 e. The molecule has 0 saturated heterocycles. The maximum absolute atomic E-state index is 3.28. The molecule has 0 nitrogen and oxygen atoms in total. The zero-order chi connectivity index (χ0) is 11.6. The van der Waals surface area contributed by atoms with Gasteiger partial charge in [-0.15, -0.1) is 11.3 Å². The Morgan fingerprint density at radius 3 is 2.56 bits per heavy atom. The van der Waals surface area contributed by atoms with E-state index in [9.17, 15) is 0 Å². The molecule has 1 aromatic heterocycles. The van der Waals surface area contributed by atoms with Gasteiger partial charge in [-0.2, -0.15) is 0 Å². The van der Waals surface area contributed by atoms with Crippen LogP contribution < -0.4 is 0 Å². The predicted molar refractivity (Wildman–Crippen MR) is 73.9 cm³/mol. The van der Waals surface area contributed by atoms with Gasteiger partial charge in [0.25, 0.3) is 0 Å². The van der Waals surface area contributed by atoms with Crippen LogP contribution in [0.2, 0.25) is 0 Å². The first kappa shape index (κ1) is 13.3. The predicted octanol–water partition coefficient (Wildman–Crippen LogP) is 5.16. The third-order valence-corrected chi connectivity index (χ3v) is 3.65. The topological polar surface area (TPSA) is 0 Å². The lowest BCUT2D eigenvalue weighted by Crippen LogP contribution is -1.78. The van der Waals surface area contributed by atoms with Crippen molar-refractivity contribution >= 4 is 11.3 Å². The molecule has 0 fully saturated rings. The van der Waals surface area contributed by atoms with Gasteiger partial charge in [-0.1, -0.05) is 50.9 Å². The second kappa shape index (κ2) is 8.42.